The number of rotatable bonds is 6. The molecule has 0 aliphatic rings. The number of ketones is 1. The number of nitrogens with zero attached hydrogens (tertiary/aromatic N) is 1. The van der Waals surface area contributed by atoms with E-state index in [1.165, 1.54) is 13.0 Å². The lowest BCUT2D eigenvalue weighted by atomic mass is 10.1. The summed E-state index contributed by atoms with van der Waals surface area (Å²) >= 11 is 0. The number of carbonyl (C=O) groups is 1. The minimum atomic E-state index is -4.14. The van der Waals surface area contributed by atoms with Gasteiger partial charge in [-0.05, 0) is 33.6 Å². The van der Waals surface area contributed by atoms with Crippen LogP contribution in [0, 0.1) is 6.92 Å². The van der Waals surface area contributed by atoms with Crippen LogP contribution in [0.1, 0.15) is 44.2 Å². The normalized spacial score (nSPS) is 13.4. The SMILES string of the molecule is CC(=O)/C=C(\N=C(C)CCCC(F)(F)F)c1ccc(C)cc1. The van der Waals surface area contributed by atoms with Gasteiger partial charge in [0.25, 0.3) is 0 Å². The molecule has 0 heterocycles. The predicted molar refractivity (Wildman–Crippen MR) is 82.9 cm³/mol. The van der Waals surface area contributed by atoms with Crippen LogP contribution in [0.3, 0.4) is 0 Å². The summed E-state index contributed by atoms with van der Waals surface area (Å²) in [5.74, 6) is -0.151. The van der Waals surface area contributed by atoms with Crippen LogP contribution in [0.5, 0.6) is 0 Å². The lowest BCUT2D eigenvalue weighted by Gasteiger charge is -2.07. The van der Waals surface area contributed by atoms with Crippen LogP contribution in [0.25, 0.3) is 5.70 Å². The molecule has 1 rings (SSSR count). The van der Waals surface area contributed by atoms with Crippen molar-refractivity contribution in [3.8, 4) is 0 Å². The number of allylic oxidation sites excluding steroid dienone is 1. The monoisotopic (exact) mass is 311 g/mol. The van der Waals surface area contributed by atoms with Crippen LogP contribution in [0.2, 0.25) is 0 Å². The Bertz CT molecular complexity index is 569. The van der Waals surface area contributed by atoms with Crippen LogP contribution in [-0.2, 0) is 4.79 Å². The number of benzene rings is 1. The van der Waals surface area contributed by atoms with Crippen LogP contribution in [-0.4, -0.2) is 17.7 Å². The lowest BCUT2D eigenvalue weighted by molar-refractivity contribution is -0.135. The molecule has 1 aromatic rings. The van der Waals surface area contributed by atoms with E-state index in [4.69, 9.17) is 0 Å². The highest BCUT2D eigenvalue weighted by Crippen LogP contribution is 2.23. The zero-order chi connectivity index (χ0) is 16.8. The Kier molecular flexibility index (Phi) is 6.53. The molecular formula is C17H20F3NO. The van der Waals surface area contributed by atoms with Crippen molar-refractivity contribution in [2.75, 3.05) is 0 Å². The Labute approximate surface area is 128 Å². The minimum Gasteiger partial charge on any atom is -0.295 e. The Hall–Kier alpha value is -1.91. The quantitative estimate of drug-likeness (QED) is 0.529. The van der Waals surface area contributed by atoms with E-state index >= 15 is 0 Å². The van der Waals surface area contributed by atoms with E-state index in [0.29, 0.717) is 11.4 Å². The number of hydrogen-bond donors (Lipinski definition) is 0. The molecule has 0 fully saturated rings. The van der Waals surface area contributed by atoms with Crippen LogP contribution >= 0.6 is 0 Å². The molecule has 5 heteroatoms. The van der Waals surface area contributed by atoms with Crippen molar-refractivity contribution in [3.63, 3.8) is 0 Å². The molecule has 0 spiro atoms. The van der Waals surface area contributed by atoms with Crippen molar-refractivity contribution in [1.82, 2.24) is 0 Å². The highest BCUT2D eigenvalue weighted by molar-refractivity contribution is 5.97. The predicted octanol–water partition coefficient (Wildman–Crippen LogP) is 5.12. The summed E-state index contributed by atoms with van der Waals surface area (Å²) in [6.45, 7) is 5.05. The maximum atomic E-state index is 12.1. The maximum absolute atomic E-state index is 12.1. The molecule has 120 valence electrons. The summed E-state index contributed by atoms with van der Waals surface area (Å²) in [6, 6.07) is 7.49. The third-order valence-electron chi connectivity index (χ3n) is 3.00. The van der Waals surface area contributed by atoms with E-state index in [1.54, 1.807) is 6.92 Å². The highest BCUT2D eigenvalue weighted by Gasteiger charge is 2.25. The molecule has 0 saturated carbocycles. The highest BCUT2D eigenvalue weighted by atomic mass is 19.4. The van der Waals surface area contributed by atoms with Gasteiger partial charge in [0.1, 0.15) is 0 Å². The molecule has 0 N–H and O–H groups in total. The third kappa shape index (κ3) is 7.20. The first-order valence-corrected chi connectivity index (χ1v) is 7.07. The molecule has 0 saturated heterocycles. The summed E-state index contributed by atoms with van der Waals surface area (Å²) in [4.78, 5) is 15.7. The van der Waals surface area contributed by atoms with Crippen molar-refractivity contribution in [2.45, 2.75) is 46.2 Å². The number of aliphatic imine (C=N–C) groups is 1. The van der Waals surface area contributed by atoms with E-state index in [0.717, 1.165) is 11.1 Å². The topological polar surface area (TPSA) is 29.4 Å². The van der Waals surface area contributed by atoms with Gasteiger partial charge in [-0.15, -0.1) is 0 Å². The van der Waals surface area contributed by atoms with E-state index in [9.17, 15) is 18.0 Å². The molecule has 2 nitrogen and oxygen atoms in total. The summed E-state index contributed by atoms with van der Waals surface area (Å²) in [7, 11) is 0. The number of hydrogen-bond acceptors (Lipinski definition) is 2. The standard InChI is InChI=1S/C17H20F3NO/c1-12-6-8-15(9-7-12)16(11-14(3)22)21-13(2)5-4-10-17(18,19)20/h6-9,11H,4-5,10H2,1-3H3/b16-11-,21-13?. The van der Waals surface area contributed by atoms with Crippen LogP contribution in [0.15, 0.2) is 35.3 Å². The Morgan fingerprint density at radius 1 is 1.18 bits per heavy atom. The molecule has 0 radical (unpaired) electrons. The fraction of sp³-hybridized carbons (Fsp3) is 0.412. The molecule has 0 aliphatic carbocycles. The van der Waals surface area contributed by atoms with Gasteiger partial charge in [0, 0.05) is 23.8 Å². The second kappa shape index (κ2) is 7.92. The Morgan fingerprint density at radius 2 is 1.77 bits per heavy atom. The Morgan fingerprint density at radius 3 is 2.27 bits per heavy atom. The summed E-state index contributed by atoms with van der Waals surface area (Å²) in [5.41, 5.74) is 2.92. The van der Waals surface area contributed by atoms with Gasteiger partial charge in [-0.2, -0.15) is 13.2 Å². The average Bonchev–Trinajstić information content (AvgIpc) is 2.36. The zero-order valence-corrected chi connectivity index (χ0v) is 13.0. The van der Waals surface area contributed by atoms with E-state index in [-0.39, 0.29) is 18.6 Å². The summed E-state index contributed by atoms with van der Waals surface area (Å²) in [5, 5.41) is 0. The number of halogens is 3. The number of carbonyl (C=O) groups excluding carboxylic acids is 1. The summed E-state index contributed by atoms with van der Waals surface area (Å²) in [6.07, 6.45) is -3.32. The molecule has 1 aromatic carbocycles. The van der Waals surface area contributed by atoms with Crippen molar-refractivity contribution in [1.29, 1.82) is 0 Å². The van der Waals surface area contributed by atoms with E-state index in [2.05, 4.69) is 4.99 Å². The van der Waals surface area contributed by atoms with Gasteiger partial charge in [0.2, 0.25) is 0 Å². The van der Waals surface area contributed by atoms with Gasteiger partial charge in [-0.25, -0.2) is 0 Å². The fourth-order valence-electron chi connectivity index (χ4n) is 1.90. The van der Waals surface area contributed by atoms with Gasteiger partial charge >= 0.3 is 6.18 Å². The molecule has 22 heavy (non-hydrogen) atoms. The zero-order valence-electron chi connectivity index (χ0n) is 13.0. The van der Waals surface area contributed by atoms with Gasteiger partial charge < -0.3 is 0 Å². The van der Waals surface area contributed by atoms with Gasteiger partial charge in [0.05, 0.1) is 5.70 Å². The average molecular weight is 311 g/mol. The van der Waals surface area contributed by atoms with Gasteiger partial charge in [-0.3, -0.25) is 9.79 Å². The molecule has 0 atom stereocenters. The van der Waals surface area contributed by atoms with Gasteiger partial charge in [0.15, 0.2) is 5.78 Å². The Balaban J connectivity index is 2.87. The van der Waals surface area contributed by atoms with E-state index < -0.39 is 12.6 Å². The molecule has 0 aliphatic heterocycles. The van der Waals surface area contributed by atoms with Crippen molar-refractivity contribution < 1.29 is 18.0 Å². The maximum Gasteiger partial charge on any atom is 0.389 e. The second-order valence-electron chi connectivity index (χ2n) is 5.32. The first kappa shape index (κ1) is 18.1. The van der Waals surface area contributed by atoms with Crippen molar-refractivity contribution >= 4 is 17.2 Å². The van der Waals surface area contributed by atoms with Crippen LogP contribution in [0.4, 0.5) is 13.2 Å². The number of alkyl halides is 3. The fourth-order valence-corrected chi connectivity index (χ4v) is 1.90. The first-order chi connectivity index (χ1) is 10.2. The summed E-state index contributed by atoms with van der Waals surface area (Å²) < 4.78 is 36.4. The molecule has 0 aromatic heterocycles. The minimum absolute atomic E-state index is 0.0000819. The number of aryl methyl sites for hydroxylation is 1. The third-order valence-corrected chi connectivity index (χ3v) is 3.00. The molecule has 0 bridgehead atoms. The van der Waals surface area contributed by atoms with E-state index in [1.807, 2.05) is 31.2 Å². The first-order valence-electron chi connectivity index (χ1n) is 7.07. The molecule has 0 unspecified atom stereocenters. The molecular weight excluding hydrogens is 291 g/mol. The van der Waals surface area contributed by atoms with Crippen LogP contribution < -0.4 is 0 Å². The smallest absolute Gasteiger partial charge is 0.295 e. The second-order valence-corrected chi connectivity index (χ2v) is 5.32. The molecule has 0 amide bonds. The largest absolute Gasteiger partial charge is 0.389 e. The van der Waals surface area contributed by atoms with Gasteiger partial charge in [-0.1, -0.05) is 29.8 Å². The lowest BCUT2D eigenvalue weighted by Crippen LogP contribution is -2.07. The van der Waals surface area contributed by atoms with Crippen molar-refractivity contribution in [3.05, 3.63) is 41.5 Å². The van der Waals surface area contributed by atoms with Crippen molar-refractivity contribution in [2.24, 2.45) is 4.99 Å².